The fraction of sp³-hybridized carbons (Fsp3) is 0.125. The number of fused-ring (bicyclic) bond motifs is 1. The Balaban J connectivity index is 2.92. The van der Waals surface area contributed by atoms with E-state index in [-0.39, 0.29) is 0 Å². The van der Waals surface area contributed by atoms with Crippen LogP contribution in [0.15, 0.2) is 30.6 Å². The molecule has 2 N–H and O–H groups in total. The van der Waals surface area contributed by atoms with Crippen LogP contribution in [0.25, 0.3) is 5.65 Å². The number of aromatic nitrogens is 2. The van der Waals surface area contributed by atoms with Crippen LogP contribution in [-0.2, 0) is 0 Å². The summed E-state index contributed by atoms with van der Waals surface area (Å²) in [5.41, 5.74) is 2.06. The third-order valence-electron chi connectivity index (χ3n) is 1.82. The Labute approximate surface area is 64.7 Å². The molecule has 56 valence electrons. The minimum Gasteiger partial charge on any atom is -0.268 e. The first-order valence-corrected chi connectivity index (χ1v) is 3.52. The molecule has 3 nitrogen and oxygen atoms in total. The van der Waals surface area contributed by atoms with Crippen molar-refractivity contribution in [1.82, 2.24) is 4.68 Å². The number of hydrogen-bond donors (Lipinski definition) is 1. The molecule has 2 heterocycles. The third-order valence-corrected chi connectivity index (χ3v) is 1.82. The molecule has 3 heteroatoms. The highest BCUT2D eigenvalue weighted by molar-refractivity contribution is 5.31. The first kappa shape index (κ1) is 6.22. The summed E-state index contributed by atoms with van der Waals surface area (Å²) in [4.78, 5) is 0. The average Bonchev–Trinajstić information content (AvgIpc) is 2.30. The maximum Gasteiger partial charge on any atom is 0.309 e. The number of imidazole rings is 1. The van der Waals surface area contributed by atoms with E-state index < -0.39 is 0 Å². The normalized spacial score (nSPS) is 10.6. The van der Waals surface area contributed by atoms with E-state index in [4.69, 9.17) is 5.84 Å². The van der Waals surface area contributed by atoms with Gasteiger partial charge in [-0.2, -0.15) is 0 Å². The molecule has 0 aliphatic heterocycles. The lowest BCUT2D eigenvalue weighted by Gasteiger charge is -1.85. The maximum atomic E-state index is 5.73. The van der Waals surface area contributed by atoms with Gasteiger partial charge in [-0.1, -0.05) is 6.07 Å². The molecule has 0 fully saturated rings. The lowest BCUT2D eigenvalue weighted by molar-refractivity contribution is -0.510. The van der Waals surface area contributed by atoms with Crippen molar-refractivity contribution in [3.05, 3.63) is 36.3 Å². The van der Waals surface area contributed by atoms with Crippen molar-refractivity contribution in [3.8, 4) is 0 Å². The third kappa shape index (κ3) is 0.774. The lowest BCUT2D eigenvalue weighted by Crippen LogP contribution is -2.20. The van der Waals surface area contributed by atoms with Crippen molar-refractivity contribution in [2.24, 2.45) is 0 Å². The van der Waals surface area contributed by atoms with E-state index in [0.717, 1.165) is 11.3 Å². The van der Waals surface area contributed by atoms with Crippen LogP contribution >= 0.6 is 0 Å². The van der Waals surface area contributed by atoms with Crippen molar-refractivity contribution in [2.45, 2.75) is 6.92 Å². The maximum absolute atomic E-state index is 5.73. The highest BCUT2D eigenvalue weighted by Crippen LogP contribution is 1.97. The van der Waals surface area contributed by atoms with Gasteiger partial charge in [0.2, 0.25) is 0 Å². The van der Waals surface area contributed by atoms with Crippen molar-refractivity contribution >= 4 is 5.65 Å². The number of aryl methyl sites for hydroxylation is 1. The molecular formula is C8H10N3+. The van der Waals surface area contributed by atoms with Crippen molar-refractivity contribution in [2.75, 3.05) is 5.84 Å². The second kappa shape index (κ2) is 1.99. The van der Waals surface area contributed by atoms with Gasteiger partial charge in [0.25, 0.3) is 0 Å². The molecule has 2 aromatic heterocycles. The first-order chi connectivity index (χ1) is 5.29. The quantitative estimate of drug-likeness (QED) is 0.422. The molecule has 11 heavy (non-hydrogen) atoms. The lowest BCUT2D eigenvalue weighted by atomic mass is 10.5. The summed E-state index contributed by atoms with van der Waals surface area (Å²) < 4.78 is 3.66. The van der Waals surface area contributed by atoms with Crippen LogP contribution in [0.3, 0.4) is 0 Å². The Bertz CT molecular complexity index is 389. The topological polar surface area (TPSA) is 35.0 Å². The van der Waals surface area contributed by atoms with Gasteiger partial charge in [0.1, 0.15) is 6.20 Å². The predicted octanol–water partition coefficient (Wildman–Crippen LogP) is 0.249. The summed E-state index contributed by atoms with van der Waals surface area (Å²) in [6.07, 6.45) is 3.97. The summed E-state index contributed by atoms with van der Waals surface area (Å²) in [7, 11) is 0. The number of hydrogen-bond acceptors (Lipinski definition) is 1. The second-order valence-corrected chi connectivity index (χ2v) is 2.61. The Morgan fingerprint density at radius 3 is 3.00 bits per heavy atom. The molecule has 0 saturated carbocycles. The molecule has 0 bridgehead atoms. The zero-order valence-electron chi connectivity index (χ0n) is 6.36. The van der Waals surface area contributed by atoms with E-state index in [1.54, 1.807) is 4.68 Å². The van der Waals surface area contributed by atoms with Gasteiger partial charge in [0.05, 0.1) is 6.20 Å². The highest BCUT2D eigenvalue weighted by Gasteiger charge is 2.08. The molecule has 0 unspecified atom stereocenters. The van der Waals surface area contributed by atoms with Crippen molar-refractivity contribution in [1.29, 1.82) is 0 Å². The second-order valence-electron chi connectivity index (χ2n) is 2.61. The van der Waals surface area contributed by atoms with Crippen LogP contribution in [-0.4, -0.2) is 4.68 Å². The van der Waals surface area contributed by atoms with Crippen LogP contribution < -0.4 is 10.2 Å². The zero-order chi connectivity index (χ0) is 7.84. The number of rotatable bonds is 0. The van der Waals surface area contributed by atoms with E-state index in [2.05, 4.69) is 0 Å². The molecule has 0 saturated heterocycles. The standard InChI is InChI=1S/C8H10N3/c1-7-6-10-5-3-2-4-8(10)11(7)9/h2-6H,9H2,1H3/q+1. The fourth-order valence-corrected chi connectivity index (χ4v) is 1.20. The van der Waals surface area contributed by atoms with Gasteiger partial charge >= 0.3 is 5.65 Å². The smallest absolute Gasteiger partial charge is 0.268 e. The van der Waals surface area contributed by atoms with Crippen LogP contribution in [0.1, 0.15) is 5.69 Å². The molecule has 2 rings (SSSR count). The SMILES string of the molecule is Cc1c[n+]2ccccc2n1N. The molecule has 0 spiro atoms. The largest absolute Gasteiger partial charge is 0.309 e. The monoisotopic (exact) mass is 148 g/mol. The van der Waals surface area contributed by atoms with Gasteiger partial charge in [-0.05, 0) is 6.07 Å². The van der Waals surface area contributed by atoms with Gasteiger partial charge in [-0.3, -0.25) is 5.84 Å². The Kier molecular flexibility index (Phi) is 1.12. The average molecular weight is 148 g/mol. The minimum absolute atomic E-state index is 1.00. The first-order valence-electron chi connectivity index (χ1n) is 3.52. The summed E-state index contributed by atoms with van der Waals surface area (Å²) in [5, 5.41) is 0. The molecule has 0 aliphatic carbocycles. The van der Waals surface area contributed by atoms with Crippen LogP contribution in [0.5, 0.6) is 0 Å². The minimum atomic E-state index is 1.00. The van der Waals surface area contributed by atoms with Crippen LogP contribution in [0.4, 0.5) is 0 Å². The zero-order valence-corrected chi connectivity index (χ0v) is 6.36. The van der Waals surface area contributed by atoms with Crippen LogP contribution in [0.2, 0.25) is 0 Å². The van der Waals surface area contributed by atoms with Crippen molar-refractivity contribution in [3.63, 3.8) is 0 Å². The van der Waals surface area contributed by atoms with Gasteiger partial charge in [0, 0.05) is 13.0 Å². The summed E-state index contributed by atoms with van der Waals surface area (Å²) in [6, 6.07) is 5.93. The molecule has 2 aromatic rings. The Hall–Kier alpha value is -1.51. The number of nitrogen functional groups attached to an aromatic ring is 1. The Morgan fingerprint density at radius 1 is 1.45 bits per heavy atom. The number of nitrogens with two attached hydrogens (primary N) is 1. The van der Waals surface area contributed by atoms with E-state index >= 15 is 0 Å². The number of pyridine rings is 1. The van der Waals surface area contributed by atoms with E-state index in [1.165, 1.54) is 0 Å². The summed E-state index contributed by atoms with van der Waals surface area (Å²) >= 11 is 0. The van der Waals surface area contributed by atoms with E-state index in [1.807, 2.05) is 41.9 Å². The molecule has 0 aromatic carbocycles. The van der Waals surface area contributed by atoms with Gasteiger partial charge in [-0.25, -0.2) is 4.40 Å². The highest BCUT2D eigenvalue weighted by atomic mass is 15.3. The summed E-state index contributed by atoms with van der Waals surface area (Å²) in [5.74, 6) is 5.73. The van der Waals surface area contributed by atoms with E-state index in [9.17, 15) is 0 Å². The van der Waals surface area contributed by atoms with Gasteiger partial charge in [0.15, 0.2) is 5.69 Å². The molecular weight excluding hydrogens is 138 g/mol. The number of nitrogens with zero attached hydrogens (tertiary/aromatic N) is 2. The molecule has 0 aliphatic rings. The van der Waals surface area contributed by atoms with Gasteiger partial charge in [-0.15, -0.1) is 4.68 Å². The summed E-state index contributed by atoms with van der Waals surface area (Å²) in [6.45, 7) is 1.98. The van der Waals surface area contributed by atoms with Crippen molar-refractivity contribution < 1.29 is 4.40 Å². The van der Waals surface area contributed by atoms with Crippen LogP contribution in [0, 0.1) is 6.92 Å². The fourth-order valence-electron chi connectivity index (χ4n) is 1.20. The predicted molar refractivity (Wildman–Crippen MR) is 42.5 cm³/mol. The molecule has 0 amide bonds. The van der Waals surface area contributed by atoms with E-state index in [0.29, 0.717) is 0 Å². The molecule has 0 atom stereocenters. The molecule has 0 radical (unpaired) electrons. The Morgan fingerprint density at radius 2 is 2.27 bits per heavy atom. The van der Waals surface area contributed by atoms with Gasteiger partial charge < -0.3 is 0 Å².